The lowest BCUT2D eigenvalue weighted by molar-refractivity contribution is 0.267. The van der Waals surface area contributed by atoms with Gasteiger partial charge in [-0.15, -0.1) is 0 Å². The van der Waals surface area contributed by atoms with Gasteiger partial charge in [-0.1, -0.05) is 46.3 Å². The zero-order valence-electron chi connectivity index (χ0n) is 10.8. The summed E-state index contributed by atoms with van der Waals surface area (Å²) >= 11 is 3.54. The first-order valence-electron chi connectivity index (χ1n) is 6.67. The van der Waals surface area contributed by atoms with Crippen molar-refractivity contribution in [3.8, 4) is 5.75 Å². The Hall–Kier alpha value is -1.58. The molecule has 1 fully saturated rings. The number of halogens is 1. The van der Waals surface area contributed by atoms with E-state index >= 15 is 0 Å². The van der Waals surface area contributed by atoms with Gasteiger partial charge in [-0.2, -0.15) is 0 Å². The maximum absolute atomic E-state index is 6.07. The minimum Gasteiger partial charge on any atom is -0.489 e. The van der Waals surface area contributed by atoms with Crippen LogP contribution in [-0.2, 0) is 4.74 Å². The van der Waals surface area contributed by atoms with Crippen LogP contribution in [0.15, 0.2) is 53.0 Å². The Balaban J connectivity index is 1.97. The number of benzene rings is 3. The van der Waals surface area contributed by atoms with Gasteiger partial charge in [0, 0.05) is 15.2 Å². The number of ether oxygens (including phenoxy) is 2. The molecular weight excluding hydrogens is 316 g/mol. The average molecular weight is 329 g/mol. The topological polar surface area (TPSA) is 21.8 Å². The van der Waals surface area contributed by atoms with E-state index in [2.05, 4.69) is 58.4 Å². The summed E-state index contributed by atoms with van der Waals surface area (Å²) in [4.78, 5) is 0. The number of rotatable bonds is 3. The van der Waals surface area contributed by atoms with Crippen LogP contribution in [-0.4, -0.2) is 19.3 Å². The summed E-state index contributed by atoms with van der Waals surface area (Å²) in [5.41, 5.74) is 0. The van der Waals surface area contributed by atoms with E-state index in [9.17, 15) is 0 Å². The fourth-order valence-corrected chi connectivity index (χ4v) is 2.85. The highest BCUT2D eigenvalue weighted by atomic mass is 79.9. The average Bonchev–Trinajstić information content (AvgIpc) is 3.28. The van der Waals surface area contributed by atoms with Crippen molar-refractivity contribution >= 4 is 37.5 Å². The molecular formula is C17H13BrO2. The van der Waals surface area contributed by atoms with Gasteiger partial charge in [0.25, 0.3) is 0 Å². The molecule has 3 aromatic carbocycles. The quantitative estimate of drug-likeness (QED) is 0.520. The van der Waals surface area contributed by atoms with E-state index in [4.69, 9.17) is 9.47 Å². The van der Waals surface area contributed by atoms with Gasteiger partial charge in [-0.3, -0.25) is 0 Å². The molecule has 1 atom stereocenters. The summed E-state index contributed by atoms with van der Waals surface area (Å²) in [6, 6.07) is 16.8. The van der Waals surface area contributed by atoms with E-state index in [1.54, 1.807) is 0 Å². The molecule has 100 valence electrons. The molecule has 2 nitrogen and oxygen atoms in total. The molecule has 4 rings (SSSR count). The molecule has 0 radical (unpaired) electrons. The van der Waals surface area contributed by atoms with Crippen molar-refractivity contribution in [2.75, 3.05) is 13.2 Å². The normalized spacial score (nSPS) is 17.6. The molecule has 1 aliphatic heterocycles. The Bertz CT molecular complexity index is 793. The molecule has 1 saturated heterocycles. The van der Waals surface area contributed by atoms with Gasteiger partial charge < -0.3 is 9.47 Å². The first-order valence-corrected chi connectivity index (χ1v) is 7.46. The van der Waals surface area contributed by atoms with Crippen LogP contribution < -0.4 is 4.74 Å². The number of hydrogen-bond donors (Lipinski definition) is 0. The fraction of sp³-hybridized carbons (Fsp3) is 0.176. The Morgan fingerprint density at radius 2 is 1.85 bits per heavy atom. The number of epoxide rings is 1. The van der Waals surface area contributed by atoms with Gasteiger partial charge >= 0.3 is 0 Å². The molecule has 0 amide bonds. The standard InChI is InChI=1S/C17H13BrO2/c18-13-6-5-12-7-11-3-1-2-4-15(11)17(16(12)8-13)20-10-14-9-19-14/h1-8,14H,9-10H2. The molecule has 0 saturated carbocycles. The molecule has 0 bridgehead atoms. The van der Waals surface area contributed by atoms with E-state index in [0.717, 1.165) is 27.6 Å². The van der Waals surface area contributed by atoms with Crippen LogP contribution >= 0.6 is 15.9 Å². The van der Waals surface area contributed by atoms with E-state index in [1.807, 2.05) is 6.07 Å². The van der Waals surface area contributed by atoms with Crippen LogP contribution in [0.4, 0.5) is 0 Å². The Labute approximate surface area is 125 Å². The third-order valence-corrected chi connectivity index (χ3v) is 4.09. The van der Waals surface area contributed by atoms with Gasteiger partial charge in [0.05, 0.1) is 6.61 Å². The van der Waals surface area contributed by atoms with Gasteiger partial charge in [0.15, 0.2) is 0 Å². The second-order valence-corrected chi connectivity index (χ2v) is 5.97. The summed E-state index contributed by atoms with van der Waals surface area (Å²) in [7, 11) is 0. The van der Waals surface area contributed by atoms with Gasteiger partial charge in [0.1, 0.15) is 18.5 Å². The lowest BCUT2D eigenvalue weighted by Crippen LogP contribution is -2.04. The highest BCUT2D eigenvalue weighted by Gasteiger charge is 2.24. The van der Waals surface area contributed by atoms with Crippen molar-refractivity contribution < 1.29 is 9.47 Å². The maximum Gasteiger partial charge on any atom is 0.135 e. The summed E-state index contributed by atoms with van der Waals surface area (Å²) in [6.07, 6.45) is 0.260. The first-order chi connectivity index (χ1) is 9.81. The number of fused-ring (bicyclic) bond motifs is 2. The summed E-state index contributed by atoms with van der Waals surface area (Å²) in [5.74, 6) is 0.954. The van der Waals surface area contributed by atoms with Crippen LogP contribution in [0.1, 0.15) is 0 Å². The minimum atomic E-state index is 0.260. The lowest BCUT2D eigenvalue weighted by atomic mass is 10.0. The second kappa shape index (κ2) is 4.76. The highest BCUT2D eigenvalue weighted by molar-refractivity contribution is 9.10. The van der Waals surface area contributed by atoms with Crippen LogP contribution in [0.3, 0.4) is 0 Å². The molecule has 0 aromatic heterocycles. The molecule has 1 aliphatic rings. The summed E-state index contributed by atoms with van der Waals surface area (Å²) in [6.45, 7) is 1.43. The van der Waals surface area contributed by atoms with Crippen LogP contribution in [0, 0.1) is 0 Å². The molecule has 1 unspecified atom stereocenters. The third-order valence-electron chi connectivity index (χ3n) is 3.59. The lowest BCUT2D eigenvalue weighted by Gasteiger charge is -2.12. The van der Waals surface area contributed by atoms with Crippen LogP contribution in [0.5, 0.6) is 5.75 Å². The zero-order chi connectivity index (χ0) is 13.5. The van der Waals surface area contributed by atoms with Crippen molar-refractivity contribution in [1.29, 1.82) is 0 Å². The van der Waals surface area contributed by atoms with Crippen LogP contribution in [0.2, 0.25) is 0 Å². The summed E-state index contributed by atoms with van der Waals surface area (Å²) in [5, 5.41) is 4.69. The van der Waals surface area contributed by atoms with Gasteiger partial charge in [-0.25, -0.2) is 0 Å². The molecule has 3 aromatic rings. The van der Waals surface area contributed by atoms with Crippen LogP contribution in [0.25, 0.3) is 21.5 Å². The molecule has 3 heteroatoms. The molecule has 0 N–H and O–H groups in total. The Morgan fingerprint density at radius 1 is 1.05 bits per heavy atom. The largest absolute Gasteiger partial charge is 0.489 e. The van der Waals surface area contributed by atoms with Crippen molar-refractivity contribution in [3.63, 3.8) is 0 Å². The first kappa shape index (κ1) is 12.2. The SMILES string of the molecule is Brc1ccc2cc3ccccc3c(OCC3CO3)c2c1. The predicted molar refractivity (Wildman–Crippen MR) is 84.4 cm³/mol. The Kier molecular flexibility index (Phi) is 2.90. The van der Waals surface area contributed by atoms with E-state index in [0.29, 0.717) is 6.61 Å². The van der Waals surface area contributed by atoms with Gasteiger partial charge in [-0.05, 0) is 29.0 Å². The zero-order valence-corrected chi connectivity index (χ0v) is 12.4. The molecule has 0 spiro atoms. The van der Waals surface area contributed by atoms with Crippen molar-refractivity contribution in [3.05, 3.63) is 53.0 Å². The number of hydrogen-bond acceptors (Lipinski definition) is 2. The Morgan fingerprint density at radius 3 is 2.70 bits per heavy atom. The summed E-state index contributed by atoms with van der Waals surface area (Å²) < 4.78 is 12.4. The van der Waals surface area contributed by atoms with Crippen molar-refractivity contribution in [1.82, 2.24) is 0 Å². The molecule has 20 heavy (non-hydrogen) atoms. The minimum absolute atomic E-state index is 0.260. The van der Waals surface area contributed by atoms with E-state index < -0.39 is 0 Å². The predicted octanol–water partition coefficient (Wildman–Crippen LogP) is 4.53. The highest BCUT2D eigenvalue weighted by Crippen LogP contribution is 2.36. The second-order valence-electron chi connectivity index (χ2n) is 5.06. The van der Waals surface area contributed by atoms with Gasteiger partial charge in [0.2, 0.25) is 0 Å². The monoisotopic (exact) mass is 328 g/mol. The fourth-order valence-electron chi connectivity index (χ4n) is 2.49. The van der Waals surface area contributed by atoms with E-state index in [1.165, 1.54) is 10.8 Å². The molecule has 1 heterocycles. The smallest absolute Gasteiger partial charge is 0.135 e. The maximum atomic E-state index is 6.07. The third kappa shape index (κ3) is 2.17. The molecule has 0 aliphatic carbocycles. The van der Waals surface area contributed by atoms with E-state index in [-0.39, 0.29) is 6.10 Å². The van der Waals surface area contributed by atoms with Crippen molar-refractivity contribution in [2.45, 2.75) is 6.10 Å². The van der Waals surface area contributed by atoms with Crippen molar-refractivity contribution in [2.24, 2.45) is 0 Å².